The fourth-order valence-corrected chi connectivity index (χ4v) is 4.88. The van der Waals surface area contributed by atoms with E-state index in [0.717, 1.165) is 18.5 Å². The summed E-state index contributed by atoms with van der Waals surface area (Å²) < 4.78 is 5.81. The summed E-state index contributed by atoms with van der Waals surface area (Å²) >= 11 is 0. The number of ether oxygens (including phenoxy) is 1. The van der Waals surface area contributed by atoms with Gasteiger partial charge in [0.2, 0.25) is 11.8 Å². The third kappa shape index (κ3) is 16.8. The van der Waals surface area contributed by atoms with Crippen molar-refractivity contribution in [1.29, 1.82) is 0 Å². The molecule has 1 atom stereocenters. The van der Waals surface area contributed by atoms with E-state index in [-0.39, 0.29) is 18.2 Å². The normalized spacial score (nSPS) is 11.4. The molecule has 1 aromatic heterocycles. The number of amides is 3. The van der Waals surface area contributed by atoms with Gasteiger partial charge in [0.25, 0.3) is 5.91 Å². The third-order valence-corrected chi connectivity index (χ3v) is 7.50. The second-order valence-electron chi connectivity index (χ2n) is 11.2. The monoisotopic (exact) mass is 625 g/mol. The zero-order valence-electron chi connectivity index (χ0n) is 27.7. The molecule has 45 heavy (non-hydrogen) atoms. The Kier molecular flexibility index (Phi) is 19.8. The van der Waals surface area contributed by atoms with Crippen LogP contribution in [0, 0.1) is 0 Å². The van der Waals surface area contributed by atoms with Crippen LogP contribution in [0.3, 0.4) is 0 Å². The van der Waals surface area contributed by atoms with Gasteiger partial charge in [0.05, 0.1) is 13.7 Å². The first-order valence-electron chi connectivity index (χ1n) is 16.8. The minimum Gasteiger partial charge on any atom is -0.494 e. The van der Waals surface area contributed by atoms with Crippen molar-refractivity contribution in [2.24, 2.45) is 0 Å². The molecule has 0 saturated heterocycles. The minimum absolute atomic E-state index is 0.0597. The van der Waals surface area contributed by atoms with Crippen LogP contribution in [0.25, 0.3) is 0 Å². The molecule has 0 aliphatic carbocycles. The van der Waals surface area contributed by atoms with E-state index in [2.05, 4.69) is 27.9 Å². The van der Waals surface area contributed by atoms with Gasteiger partial charge in [-0.15, -0.1) is 0 Å². The van der Waals surface area contributed by atoms with Crippen molar-refractivity contribution in [3.8, 4) is 5.75 Å². The van der Waals surface area contributed by atoms with Crippen LogP contribution in [0.4, 0.5) is 5.69 Å². The van der Waals surface area contributed by atoms with Crippen LogP contribution < -0.4 is 20.7 Å². The molecular formula is C35H55N5O5. The SMILES string of the molecule is CCCCCCCCCCCCNC(=O)CCCOc1ccc(NC(NC(=O)CCc2cccnc2)C(=O)N(CC)OC)cc1. The molecule has 2 aromatic rings. The number of carbonyl (C=O) groups excluding carboxylic acids is 3. The molecule has 1 heterocycles. The molecule has 0 fully saturated rings. The van der Waals surface area contributed by atoms with E-state index in [4.69, 9.17) is 9.57 Å². The number of carbonyl (C=O) groups is 3. The first-order chi connectivity index (χ1) is 22.0. The third-order valence-electron chi connectivity index (χ3n) is 7.50. The number of hydrogen-bond donors (Lipinski definition) is 3. The molecule has 0 saturated carbocycles. The van der Waals surface area contributed by atoms with Crippen molar-refractivity contribution in [2.45, 2.75) is 110 Å². The molecule has 0 spiro atoms. The summed E-state index contributed by atoms with van der Waals surface area (Å²) in [4.78, 5) is 47.1. The fourth-order valence-electron chi connectivity index (χ4n) is 4.88. The lowest BCUT2D eigenvalue weighted by molar-refractivity contribution is -0.176. The fraction of sp³-hybridized carbons (Fsp3) is 0.600. The van der Waals surface area contributed by atoms with Gasteiger partial charge < -0.3 is 20.7 Å². The number of likely N-dealkylation sites (N-methyl/N-ethyl adjacent to an activating group) is 1. The number of hydroxylamine groups is 2. The summed E-state index contributed by atoms with van der Waals surface area (Å²) in [6.45, 7) is 5.52. The van der Waals surface area contributed by atoms with Crippen molar-refractivity contribution < 1.29 is 24.0 Å². The Labute approximate surface area is 270 Å². The Hall–Kier alpha value is -3.66. The maximum atomic E-state index is 13.0. The molecule has 250 valence electrons. The smallest absolute Gasteiger partial charge is 0.289 e. The molecule has 3 amide bonds. The molecule has 2 rings (SSSR count). The average molecular weight is 626 g/mol. The second-order valence-corrected chi connectivity index (χ2v) is 11.2. The van der Waals surface area contributed by atoms with E-state index in [1.807, 2.05) is 12.1 Å². The molecular weight excluding hydrogens is 570 g/mol. The highest BCUT2D eigenvalue weighted by atomic mass is 16.7. The van der Waals surface area contributed by atoms with Crippen LogP contribution in [-0.2, 0) is 25.6 Å². The van der Waals surface area contributed by atoms with E-state index in [1.54, 1.807) is 43.6 Å². The topological polar surface area (TPSA) is 122 Å². The van der Waals surface area contributed by atoms with Crippen molar-refractivity contribution in [1.82, 2.24) is 20.7 Å². The molecule has 1 aromatic carbocycles. The zero-order chi connectivity index (χ0) is 32.5. The number of unbranched alkanes of at least 4 members (excludes halogenated alkanes) is 9. The van der Waals surface area contributed by atoms with E-state index < -0.39 is 12.1 Å². The van der Waals surface area contributed by atoms with E-state index >= 15 is 0 Å². The molecule has 0 radical (unpaired) electrons. The highest BCUT2D eigenvalue weighted by Gasteiger charge is 2.25. The zero-order valence-corrected chi connectivity index (χ0v) is 27.7. The predicted octanol–water partition coefficient (Wildman–Crippen LogP) is 6.17. The van der Waals surface area contributed by atoms with Gasteiger partial charge in [-0.1, -0.05) is 70.8 Å². The molecule has 1 unspecified atom stereocenters. The number of aromatic nitrogens is 1. The van der Waals surface area contributed by atoms with Gasteiger partial charge in [0, 0.05) is 44.0 Å². The Morgan fingerprint density at radius 2 is 1.53 bits per heavy atom. The second kappa shape index (κ2) is 23.7. The lowest BCUT2D eigenvalue weighted by Crippen LogP contribution is -2.52. The first-order valence-corrected chi connectivity index (χ1v) is 16.8. The van der Waals surface area contributed by atoms with E-state index in [1.165, 1.54) is 70.0 Å². The number of nitrogens with one attached hydrogen (secondary N) is 3. The van der Waals surface area contributed by atoms with Gasteiger partial charge in [-0.2, -0.15) is 0 Å². The summed E-state index contributed by atoms with van der Waals surface area (Å²) in [5, 5.41) is 10.1. The minimum atomic E-state index is -1.02. The molecule has 10 heteroatoms. The van der Waals surface area contributed by atoms with Crippen molar-refractivity contribution in [2.75, 3.05) is 32.1 Å². The molecule has 10 nitrogen and oxygen atoms in total. The number of hydrogen-bond acceptors (Lipinski definition) is 7. The van der Waals surface area contributed by atoms with Gasteiger partial charge in [-0.05, 0) is 62.1 Å². The number of anilines is 1. The van der Waals surface area contributed by atoms with Crippen molar-refractivity contribution in [3.05, 3.63) is 54.4 Å². The summed E-state index contributed by atoms with van der Waals surface area (Å²) in [6, 6.07) is 10.9. The molecule has 0 bridgehead atoms. The number of nitrogens with zero attached hydrogens (tertiary/aromatic N) is 2. The van der Waals surface area contributed by atoms with Gasteiger partial charge in [0.1, 0.15) is 5.75 Å². The van der Waals surface area contributed by atoms with Crippen LogP contribution >= 0.6 is 0 Å². The highest BCUT2D eigenvalue weighted by Crippen LogP contribution is 2.17. The Bertz CT molecular complexity index is 1080. The summed E-state index contributed by atoms with van der Waals surface area (Å²) in [7, 11) is 1.41. The standard InChI is InChI=1S/C35H55N5O5/c1-4-6-7-8-9-10-11-12-13-14-26-37-32(41)18-16-27-45-31-22-20-30(21-23-31)38-34(35(43)40(5-2)44-3)39-33(42)24-19-29-17-15-25-36-28-29/h15,17,20-23,25,28,34,38H,4-14,16,18-19,24,26-27H2,1-3H3,(H,37,41)(H,39,42). The number of rotatable bonds is 25. The van der Waals surface area contributed by atoms with Gasteiger partial charge >= 0.3 is 0 Å². The molecule has 0 aliphatic rings. The Morgan fingerprint density at radius 1 is 0.844 bits per heavy atom. The van der Waals surface area contributed by atoms with Gasteiger partial charge in [0.15, 0.2) is 6.17 Å². The van der Waals surface area contributed by atoms with Crippen LogP contribution in [-0.4, -0.2) is 60.7 Å². The van der Waals surface area contributed by atoms with Crippen LogP contribution in [0.1, 0.15) is 103 Å². The largest absolute Gasteiger partial charge is 0.494 e. The average Bonchev–Trinajstić information content (AvgIpc) is 3.06. The number of benzene rings is 1. The summed E-state index contributed by atoms with van der Waals surface area (Å²) in [5.41, 5.74) is 1.57. The Morgan fingerprint density at radius 3 is 2.16 bits per heavy atom. The number of pyridine rings is 1. The number of aryl methyl sites for hydroxylation is 1. The predicted molar refractivity (Wildman–Crippen MR) is 179 cm³/mol. The Balaban J connectivity index is 1.67. The lowest BCUT2D eigenvalue weighted by atomic mass is 10.1. The van der Waals surface area contributed by atoms with E-state index in [9.17, 15) is 14.4 Å². The van der Waals surface area contributed by atoms with Crippen LogP contribution in [0.5, 0.6) is 5.75 Å². The summed E-state index contributed by atoms with van der Waals surface area (Å²) in [6.07, 6.45) is 16.9. The molecule has 0 aliphatic heterocycles. The van der Waals surface area contributed by atoms with Crippen LogP contribution in [0.15, 0.2) is 48.8 Å². The van der Waals surface area contributed by atoms with E-state index in [0.29, 0.717) is 43.9 Å². The van der Waals surface area contributed by atoms with Crippen molar-refractivity contribution >= 4 is 23.4 Å². The quantitative estimate of drug-likeness (QED) is 0.0685. The first kappa shape index (κ1) is 37.5. The van der Waals surface area contributed by atoms with Crippen molar-refractivity contribution in [3.63, 3.8) is 0 Å². The van der Waals surface area contributed by atoms with Crippen LogP contribution in [0.2, 0.25) is 0 Å². The highest BCUT2D eigenvalue weighted by molar-refractivity contribution is 5.89. The molecule has 3 N–H and O–H groups in total. The van der Waals surface area contributed by atoms with Gasteiger partial charge in [-0.25, -0.2) is 5.06 Å². The summed E-state index contributed by atoms with van der Waals surface area (Å²) in [5.74, 6) is 0.0251. The maximum Gasteiger partial charge on any atom is 0.289 e. The van der Waals surface area contributed by atoms with Gasteiger partial charge in [-0.3, -0.25) is 24.2 Å². The lowest BCUT2D eigenvalue weighted by Gasteiger charge is -2.26. The maximum absolute atomic E-state index is 13.0.